The van der Waals surface area contributed by atoms with Gasteiger partial charge in [-0.05, 0) is 25.0 Å². The van der Waals surface area contributed by atoms with E-state index in [0.29, 0.717) is 11.9 Å². The van der Waals surface area contributed by atoms with Crippen molar-refractivity contribution in [1.82, 2.24) is 24.8 Å². The minimum absolute atomic E-state index is 0.0637. The number of halogens is 1. The number of hydrogen-bond donors (Lipinski definition) is 2. The molecule has 3 unspecified atom stereocenters. The van der Waals surface area contributed by atoms with Crippen LogP contribution in [-0.2, 0) is 25.8 Å². The molecule has 2 aromatic rings. The number of carboxylic acid groups (broad SMARTS) is 1. The summed E-state index contributed by atoms with van der Waals surface area (Å²) in [7, 11) is 0. The van der Waals surface area contributed by atoms with Gasteiger partial charge in [0.05, 0.1) is 23.5 Å². The molecule has 0 aliphatic carbocycles. The van der Waals surface area contributed by atoms with Crippen molar-refractivity contribution in [3.8, 4) is 0 Å². The number of amides is 2. The van der Waals surface area contributed by atoms with Gasteiger partial charge in [-0.15, -0.1) is 11.7 Å². The molecule has 186 valence electrons. The van der Waals surface area contributed by atoms with E-state index in [-0.39, 0.29) is 43.5 Å². The highest BCUT2D eigenvalue weighted by Gasteiger charge is 2.76. The van der Waals surface area contributed by atoms with E-state index in [1.54, 1.807) is 10.8 Å². The number of carbonyl (C=O) groups is 3. The first kappa shape index (κ1) is 23.9. The standard InChI is InChI=1S/C23H26BrN5O6/c1-2-8-27(12-29-15-7-4-3-6-14(15)25-26-29)21(32)19-23-11-13(24)18(35-23)16(22(33)34)17(23)20(31)28(19)9-5-10-30/h2-4,6-7,13,16-19,30H,1,5,8-12H2,(H,33,34)/t13?,16-,17+,18-,19?,23?/m1/s1. The third-order valence-corrected chi connectivity index (χ3v) is 8.10. The summed E-state index contributed by atoms with van der Waals surface area (Å²) in [6, 6.07) is 6.34. The molecule has 1 aromatic heterocycles. The van der Waals surface area contributed by atoms with Crippen molar-refractivity contribution >= 4 is 44.7 Å². The molecule has 12 heteroatoms. The fraction of sp³-hybridized carbons (Fsp3) is 0.522. The minimum Gasteiger partial charge on any atom is -0.481 e. The Bertz CT molecular complexity index is 1190. The van der Waals surface area contributed by atoms with Crippen molar-refractivity contribution in [2.24, 2.45) is 11.8 Å². The number of benzene rings is 1. The number of aromatic nitrogens is 3. The number of fused-ring (bicyclic) bond motifs is 2. The Kier molecular flexibility index (Phi) is 6.14. The summed E-state index contributed by atoms with van der Waals surface area (Å²) in [6.07, 6.45) is 1.47. The predicted molar refractivity (Wildman–Crippen MR) is 126 cm³/mol. The van der Waals surface area contributed by atoms with E-state index < -0.39 is 41.5 Å². The zero-order valence-corrected chi connectivity index (χ0v) is 20.5. The van der Waals surface area contributed by atoms with Gasteiger partial charge >= 0.3 is 5.97 Å². The zero-order chi connectivity index (χ0) is 24.9. The number of rotatable bonds is 9. The van der Waals surface area contributed by atoms with E-state index in [4.69, 9.17) is 4.74 Å². The number of para-hydroxylation sites is 1. The van der Waals surface area contributed by atoms with Gasteiger partial charge in [-0.2, -0.15) is 0 Å². The van der Waals surface area contributed by atoms with Gasteiger partial charge in [-0.25, -0.2) is 4.68 Å². The summed E-state index contributed by atoms with van der Waals surface area (Å²) < 4.78 is 7.86. The summed E-state index contributed by atoms with van der Waals surface area (Å²) >= 11 is 3.53. The van der Waals surface area contributed by atoms with Gasteiger partial charge in [0.15, 0.2) is 0 Å². The molecular weight excluding hydrogens is 522 g/mol. The number of nitrogens with zero attached hydrogens (tertiary/aromatic N) is 5. The third-order valence-electron chi connectivity index (χ3n) is 7.25. The maximum atomic E-state index is 14.1. The van der Waals surface area contributed by atoms with E-state index in [1.165, 1.54) is 9.80 Å². The van der Waals surface area contributed by atoms with Crippen molar-refractivity contribution in [1.29, 1.82) is 0 Å². The molecule has 1 spiro atoms. The van der Waals surface area contributed by atoms with Crippen molar-refractivity contribution in [3.63, 3.8) is 0 Å². The lowest BCUT2D eigenvalue weighted by atomic mass is 9.70. The quantitative estimate of drug-likeness (QED) is 0.344. The van der Waals surface area contributed by atoms with Gasteiger partial charge in [-0.1, -0.05) is 39.4 Å². The molecule has 3 aliphatic heterocycles. The number of aliphatic hydroxyl groups is 1. The van der Waals surface area contributed by atoms with Gasteiger partial charge in [0.2, 0.25) is 11.8 Å². The maximum absolute atomic E-state index is 14.1. The Morgan fingerprint density at radius 3 is 2.86 bits per heavy atom. The van der Waals surface area contributed by atoms with Gasteiger partial charge in [0.1, 0.15) is 23.8 Å². The lowest BCUT2D eigenvalue weighted by Crippen LogP contribution is -2.57. The van der Waals surface area contributed by atoms with E-state index >= 15 is 0 Å². The van der Waals surface area contributed by atoms with Crippen LogP contribution in [0.4, 0.5) is 0 Å². The van der Waals surface area contributed by atoms with E-state index in [0.717, 1.165) is 5.52 Å². The Morgan fingerprint density at radius 1 is 1.37 bits per heavy atom. The first-order chi connectivity index (χ1) is 16.8. The Hall–Kier alpha value is -2.83. The molecule has 2 amide bonds. The second-order valence-corrected chi connectivity index (χ2v) is 10.4. The first-order valence-corrected chi connectivity index (χ1v) is 12.4. The molecule has 2 bridgehead atoms. The molecule has 1 aromatic carbocycles. The smallest absolute Gasteiger partial charge is 0.310 e. The largest absolute Gasteiger partial charge is 0.481 e. The Labute approximate surface area is 209 Å². The Balaban J connectivity index is 1.53. The zero-order valence-electron chi connectivity index (χ0n) is 18.9. The van der Waals surface area contributed by atoms with Crippen LogP contribution in [-0.4, -0.2) is 95.1 Å². The number of carboxylic acids is 1. The summed E-state index contributed by atoms with van der Waals surface area (Å²) in [5.74, 6) is -3.95. The molecular formula is C23H26BrN5O6. The van der Waals surface area contributed by atoms with Crippen LogP contribution in [0.25, 0.3) is 11.0 Å². The summed E-state index contributed by atoms with van der Waals surface area (Å²) in [6.45, 7) is 3.96. The second kappa shape index (κ2) is 8.99. The van der Waals surface area contributed by atoms with Gasteiger partial charge in [-0.3, -0.25) is 14.4 Å². The number of carbonyl (C=O) groups excluding carboxylic acids is 2. The summed E-state index contributed by atoms with van der Waals surface area (Å²) in [5.41, 5.74) is 0.159. The summed E-state index contributed by atoms with van der Waals surface area (Å²) in [4.78, 5) is 42.5. The molecule has 0 radical (unpaired) electrons. The SMILES string of the molecule is C=CCN(Cn1nnc2ccccc21)C(=O)C1N(CCCO)C(=O)[C@@H]2[C@@H](C(=O)O)[C@@H]3OC12CC3Br. The predicted octanol–water partition coefficient (Wildman–Crippen LogP) is 0.618. The number of aliphatic hydroxyl groups excluding tert-OH is 1. The molecule has 0 saturated carbocycles. The van der Waals surface area contributed by atoms with E-state index in [1.807, 2.05) is 24.3 Å². The van der Waals surface area contributed by atoms with Crippen LogP contribution < -0.4 is 0 Å². The van der Waals surface area contributed by atoms with Crippen molar-refractivity contribution < 1.29 is 29.3 Å². The third kappa shape index (κ3) is 3.57. The Morgan fingerprint density at radius 2 is 2.14 bits per heavy atom. The molecule has 6 atom stereocenters. The lowest BCUT2D eigenvalue weighted by molar-refractivity contribution is -0.151. The van der Waals surface area contributed by atoms with E-state index in [9.17, 15) is 24.6 Å². The number of alkyl halides is 1. The fourth-order valence-corrected chi connectivity index (χ4v) is 6.85. The molecule has 2 N–H and O–H groups in total. The molecule has 11 nitrogen and oxygen atoms in total. The molecule has 5 rings (SSSR count). The number of hydrogen-bond acceptors (Lipinski definition) is 7. The lowest BCUT2D eigenvalue weighted by Gasteiger charge is -2.36. The van der Waals surface area contributed by atoms with Crippen LogP contribution in [0.15, 0.2) is 36.9 Å². The monoisotopic (exact) mass is 547 g/mol. The van der Waals surface area contributed by atoms with Crippen LogP contribution in [0, 0.1) is 11.8 Å². The summed E-state index contributed by atoms with van der Waals surface area (Å²) in [5, 5.41) is 27.7. The van der Waals surface area contributed by atoms with Crippen molar-refractivity contribution in [3.05, 3.63) is 36.9 Å². The van der Waals surface area contributed by atoms with Gasteiger partial charge in [0.25, 0.3) is 0 Å². The fourth-order valence-electron chi connectivity index (χ4n) is 5.90. The molecule has 4 heterocycles. The highest BCUT2D eigenvalue weighted by atomic mass is 79.9. The van der Waals surface area contributed by atoms with Crippen LogP contribution in [0.5, 0.6) is 0 Å². The topological polar surface area (TPSA) is 138 Å². The average Bonchev–Trinajstić information content (AvgIpc) is 3.54. The molecule has 35 heavy (non-hydrogen) atoms. The highest BCUT2D eigenvalue weighted by Crippen LogP contribution is 2.60. The average molecular weight is 548 g/mol. The van der Waals surface area contributed by atoms with Gasteiger partial charge in [0, 0.05) is 24.5 Å². The van der Waals surface area contributed by atoms with Crippen molar-refractivity contribution in [2.45, 2.75) is 42.1 Å². The van der Waals surface area contributed by atoms with Crippen LogP contribution in [0.1, 0.15) is 12.8 Å². The molecule has 3 aliphatic rings. The number of aliphatic carboxylic acids is 1. The van der Waals surface area contributed by atoms with Crippen molar-refractivity contribution in [2.75, 3.05) is 19.7 Å². The second-order valence-electron chi connectivity index (χ2n) is 9.18. The van der Waals surface area contributed by atoms with Gasteiger partial charge < -0.3 is 24.7 Å². The number of likely N-dealkylation sites (tertiary alicyclic amines) is 1. The first-order valence-electron chi connectivity index (χ1n) is 11.5. The van der Waals surface area contributed by atoms with E-state index in [2.05, 4.69) is 32.8 Å². The van der Waals surface area contributed by atoms with Crippen LogP contribution in [0.2, 0.25) is 0 Å². The highest BCUT2D eigenvalue weighted by molar-refractivity contribution is 9.09. The molecule has 3 saturated heterocycles. The molecule has 3 fully saturated rings. The minimum atomic E-state index is -1.27. The van der Waals surface area contributed by atoms with Crippen LogP contribution in [0.3, 0.4) is 0 Å². The normalized spacial score (nSPS) is 31.2. The maximum Gasteiger partial charge on any atom is 0.310 e. The number of ether oxygens (including phenoxy) is 1. The van der Waals surface area contributed by atoms with Crippen LogP contribution >= 0.6 is 15.9 Å².